The van der Waals surface area contributed by atoms with E-state index in [1.54, 1.807) is 0 Å². The number of hydrogen-bond acceptors (Lipinski definition) is 9. The van der Waals surface area contributed by atoms with E-state index in [2.05, 4.69) is 29.8 Å². The summed E-state index contributed by atoms with van der Waals surface area (Å²) in [6, 6.07) is 5.10. The third kappa shape index (κ3) is 3.87. The minimum atomic E-state index is -3.84. The van der Waals surface area contributed by atoms with E-state index in [-0.39, 0.29) is 39.8 Å². The number of fused-ring (bicyclic) bond motifs is 5. The first-order valence-corrected chi connectivity index (χ1v) is 14.0. The van der Waals surface area contributed by atoms with Gasteiger partial charge in [0.2, 0.25) is 0 Å². The highest BCUT2D eigenvalue weighted by Crippen LogP contribution is 2.48. The van der Waals surface area contributed by atoms with Gasteiger partial charge in [0.25, 0.3) is 0 Å². The molecule has 40 heavy (non-hydrogen) atoms. The van der Waals surface area contributed by atoms with Gasteiger partial charge in [0.1, 0.15) is 23.6 Å². The van der Waals surface area contributed by atoms with Crippen molar-refractivity contribution in [3.63, 3.8) is 0 Å². The lowest BCUT2D eigenvalue weighted by Gasteiger charge is -2.34. The molecule has 2 atom stereocenters. The van der Waals surface area contributed by atoms with Gasteiger partial charge in [-0.1, -0.05) is 6.07 Å². The molecule has 0 radical (unpaired) electrons. The second kappa shape index (κ2) is 8.81. The van der Waals surface area contributed by atoms with E-state index in [9.17, 15) is 8.78 Å². The zero-order chi connectivity index (χ0) is 27.1. The zero-order valence-electron chi connectivity index (χ0n) is 21.8. The van der Waals surface area contributed by atoms with Crippen LogP contribution in [-0.2, 0) is 0 Å². The first-order chi connectivity index (χ1) is 19.4. The summed E-state index contributed by atoms with van der Waals surface area (Å²) in [4.78, 5) is 18.4. The Morgan fingerprint density at radius 2 is 1.82 bits per heavy atom. The zero-order valence-corrected chi connectivity index (χ0v) is 21.8. The molecule has 9 nitrogen and oxygen atoms in total. The summed E-state index contributed by atoms with van der Waals surface area (Å²) in [6.45, 7) is 4.03. The van der Waals surface area contributed by atoms with Gasteiger partial charge in [-0.2, -0.15) is 9.97 Å². The van der Waals surface area contributed by atoms with E-state index < -0.39 is 12.1 Å². The third-order valence-electron chi connectivity index (χ3n) is 9.12. The van der Waals surface area contributed by atoms with Gasteiger partial charge in [0, 0.05) is 36.9 Å². The number of alkyl halides is 2. The van der Waals surface area contributed by atoms with Gasteiger partial charge in [0.15, 0.2) is 17.3 Å². The van der Waals surface area contributed by atoms with E-state index >= 15 is 4.39 Å². The lowest BCUT2D eigenvalue weighted by atomic mass is 9.95. The van der Waals surface area contributed by atoms with Gasteiger partial charge in [0.05, 0.1) is 10.9 Å². The molecule has 210 valence electrons. The van der Waals surface area contributed by atoms with E-state index in [1.807, 2.05) is 0 Å². The number of aromatic nitrogens is 3. The molecule has 8 rings (SSSR count). The van der Waals surface area contributed by atoms with E-state index in [1.165, 1.54) is 24.4 Å². The Balaban J connectivity index is 1.22. The Hall–Kier alpha value is -3.38. The Morgan fingerprint density at radius 3 is 2.60 bits per heavy atom. The molecular weight excluding hydrogens is 525 g/mol. The maximum absolute atomic E-state index is 16.3. The minimum absolute atomic E-state index is 0.0260. The summed E-state index contributed by atoms with van der Waals surface area (Å²) >= 11 is 0. The van der Waals surface area contributed by atoms with E-state index in [4.69, 9.17) is 14.5 Å². The van der Waals surface area contributed by atoms with Crippen LogP contribution in [0.4, 0.5) is 19.0 Å². The number of para-hydroxylation sites is 1. The van der Waals surface area contributed by atoms with Crippen molar-refractivity contribution in [1.82, 2.24) is 25.2 Å². The van der Waals surface area contributed by atoms with Gasteiger partial charge < -0.3 is 24.4 Å². The average molecular weight is 555 g/mol. The second-order valence-electron chi connectivity index (χ2n) is 11.6. The quantitative estimate of drug-likeness (QED) is 0.501. The van der Waals surface area contributed by atoms with Crippen LogP contribution in [0.15, 0.2) is 24.4 Å². The third-order valence-corrected chi connectivity index (χ3v) is 9.12. The Kier molecular flexibility index (Phi) is 5.38. The number of halogens is 3. The van der Waals surface area contributed by atoms with Gasteiger partial charge >= 0.3 is 12.3 Å². The SMILES string of the molecule is Fc1c(-c2cccc3c2OC(F)(F)O3)ncc2c(N3CC4CCC(C3)N4)nc(OCC34CCCN3CCC4)nc12. The molecule has 1 N–H and O–H groups in total. The number of nitrogens with one attached hydrogen (secondary N) is 1. The summed E-state index contributed by atoms with van der Waals surface area (Å²) < 4.78 is 59.6. The highest BCUT2D eigenvalue weighted by Gasteiger charge is 2.46. The number of rotatable bonds is 5. The molecule has 0 saturated carbocycles. The van der Waals surface area contributed by atoms with E-state index in [0.717, 1.165) is 64.7 Å². The highest BCUT2D eigenvalue weighted by molar-refractivity contribution is 5.92. The molecule has 1 aromatic carbocycles. The van der Waals surface area contributed by atoms with Crippen LogP contribution in [0.5, 0.6) is 17.5 Å². The van der Waals surface area contributed by atoms with Crippen molar-refractivity contribution in [2.45, 2.75) is 62.4 Å². The summed E-state index contributed by atoms with van der Waals surface area (Å²) in [5.74, 6) is -0.612. The van der Waals surface area contributed by atoms with Crippen LogP contribution in [0.1, 0.15) is 38.5 Å². The smallest absolute Gasteiger partial charge is 0.461 e. The Bertz CT molecular complexity index is 1480. The number of nitrogens with zero attached hydrogens (tertiary/aromatic N) is 5. The maximum atomic E-state index is 16.3. The Labute approximate surface area is 228 Å². The first kappa shape index (κ1) is 24.4. The number of ether oxygens (including phenoxy) is 3. The Morgan fingerprint density at radius 1 is 1.05 bits per heavy atom. The van der Waals surface area contributed by atoms with Crippen LogP contribution in [-0.4, -0.2) is 76.6 Å². The van der Waals surface area contributed by atoms with Gasteiger partial charge in [-0.3, -0.25) is 9.88 Å². The molecule has 12 heteroatoms. The molecule has 5 aliphatic rings. The fraction of sp³-hybridized carbons (Fsp3) is 0.536. The molecule has 4 saturated heterocycles. The number of pyridine rings is 1. The van der Waals surface area contributed by atoms with Crippen molar-refractivity contribution in [1.29, 1.82) is 0 Å². The topological polar surface area (TPSA) is 84.9 Å². The number of benzene rings is 1. The molecule has 2 aromatic heterocycles. The fourth-order valence-corrected chi connectivity index (χ4v) is 7.30. The van der Waals surface area contributed by atoms with Crippen LogP contribution in [0.2, 0.25) is 0 Å². The van der Waals surface area contributed by atoms with E-state index in [0.29, 0.717) is 29.9 Å². The van der Waals surface area contributed by atoms with Crippen LogP contribution in [0.3, 0.4) is 0 Å². The number of piperazine rings is 1. The summed E-state index contributed by atoms with van der Waals surface area (Å²) in [5, 5.41) is 4.06. The van der Waals surface area contributed by atoms with Crippen molar-refractivity contribution >= 4 is 16.7 Å². The molecule has 4 fully saturated rings. The van der Waals surface area contributed by atoms with Crippen LogP contribution >= 0.6 is 0 Å². The summed E-state index contributed by atoms with van der Waals surface area (Å²) in [6.07, 6.45) is 4.21. The van der Waals surface area contributed by atoms with Gasteiger partial charge in [-0.25, -0.2) is 4.39 Å². The maximum Gasteiger partial charge on any atom is 0.586 e. The average Bonchev–Trinajstić information content (AvgIpc) is 3.68. The lowest BCUT2D eigenvalue weighted by Crippen LogP contribution is -2.51. The minimum Gasteiger partial charge on any atom is -0.461 e. The molecule has 0 aliphatic carbocycles. The molecule has 2 unspecified atom stereocenters. The fourth-order valence-electron chi connectivity index (χ4n) is 7.30. The predicted octanol–water partition coefficient (Wildman–Crippen LogP) is 4.10. The molecular formula is C28H29F3N6O3. The lowest BCUT2D eigenvalue weighted by molar-refractivity contribution is -0.286. The molecule has 0 amide bonds. The monoisotopic (exact) mass is 554 g/mol. The molecule has 7 heterocycles. The summed E-state index contributed by atoms with van der Waals surface area (Å²) in [5.41, 5.74) is -0.0884. The normalized spacial score (nSPS) is 26.0. The van der Waals surface area contributed by atoms with Crippen molar-refractivity contribution in [3.05, 3.63) is 30.2 Å². The first-order valence-electron chi connectivity index (χ1n) is 14.0. The largest absolute Gasteiger partial charge is 0.586 e. The standard InChI is InChI=1S/C28H29F3N6O3/c29-21-22(18-4-1-5-20-24(18)40-28(30,31)39-20)32-12-19-23(21)34-26(38-15-27-8-2-10-37(27)11-3-9-27)35-25(19)36-13-16-6-7-17(14-36)33-16/h1,4-5,12,16-17,33H,2-3,6-11,13-15H2. The molecule has 3 aromatic rings. The number of anilines is 1. The van der Waals surface area contributed by atoms with Crippen molar-refractivity contribution in [2.75, 3.05) is 37.7 Å². The second-order valence-corrected chi connectivity index (χ2v) is 11.6. The van der Waals surface area contributed by atoms with Crippen molar-refractivity contribution in [3.8, 4) is 28.8 Å². The van der Waals surface area contributed by atoms with Gasteiger partial charge in [-0.05, 0) is 63.7 Å². The highest BCUT2D eigenvalue weighted by atomic mass is 19.3. The molecule has 2 bridgehead atoms. The molecule has 0 spiro atoms. The van der Waals surface area contributed by atoms with Crippen molar-refractivity contribution in [2.24, 2.45) is 0 Å². The van der Waals surface area contributed by atoms with Crippen LogP contribution in [0.25, 0.3) is 22.2 Å². The molecule has 5 aliphatic heterocycles. The van der Waals surface area contributed by atoms with Crippen molar-refractivity contribution < 1.29 is 27.4 Å². The van der Waals surface area contributed by atoms with Crippen LogP contribution < -0.4 is 24.4 Å². The predicted molar refractivity (Wildman–Crippen MR) is 139 cm³/mol. The number of hydrogen-bond donors (Lipinski definition) is 1. The summed E-state index contributed by atoms with van der Waals surface area (Å²) in [7, 11) is 0. The van der Waals surface area contributed by atoms with Crippen LogP contribution in [0, 0.1) is 5.82 Å². The van der Waals surface area contributed by atoms with Gasteiger partial charge in [-0.15, -0.1) is 8.78 Å².